The number of nitrogens with one attached hydrogen (secondary N) is 1. The third-order valence-electron chi connectivity index (χ3n) is 4.47. The van der Waals surface area contributed by atoms with Crippen LogP contribution in [0.15, 0.2) is 54.6 Å². The van der Waals surface area contributed by atoms with Crippen molar-refractivity contribution in [2.75, 3.05) is 19.9 Å². The predicted molar refractivity (Wildman–Crippen MR) is 118 cm³/mol. The molecule has 0 aliphatic carbocycles. The van der Waals surface area contributed by atoms with Gasteiger partial charge in [0.1, 0.15) is 18.4 Å². The molecule has 2 aromatic rings. The molecule has 1 unspecified atom stereocenters. The third-order valence-corrected chi connectivity index (χ3v) is 6.29. The van der Waals surface area contributed by atoms with Gasteiger partial charge in [-0.25, -0.2) is 14.4 Å². The summed E-state index contributed by atoms with van der Waals surface area (Å²) in [5.74, 6) is -1.55. The van der Waals surface area contributed by atoms with E-state index >= 15 is 0 Å². The minimum Gasteiger partial charge on any atom is -0.482 e. The summed E-state index contributed by atoms with van der Waals surface area (Å²) < 4.78 is 27.4. The molecular formula is C22H26NO9P. The number of benzene rings is 2. The minimum absolute atomic E-state index is 0.00519. The van der Waals surface area contributed by atoms with Gasteiger partial charge < -0.3 is 29.5 Å². The Balaban J connectivity index is 1.88. The fraction of sp³-hybridized carbons (Fsp3) is 0.318. The zero-order chi connectivity index (χ0) is 24.3. The number of carbonyl (C=O) groups excluding carboxylic acids is 2. The minimum atomic E-state index is -3.71. The van der Waals surface area contributed by atoms with Crippen molar-refractivity contribution in [2.45, 2.75) is 25.2 Å². The Labute approximate surface area is 190 Å². The maximum Gasteiger partial charge on any atom is 0.408 e. The number of ether oxygens (including phenoxy) is 3. The van der Waals surface area contributed by atoms with Crippen molar-refractivity contribution in [3.05, 3.63) is 65.7 Å². The summed E-state index contributed by atoms with van der Waals surface area (Å²) in [6.45, 7) is -0.487. The number of carboxylic acids is 1. The Morgan fingerprint density at radius 1 is 1.03 bits per heavy atom. The fourth-order valence-corrected chi connectivity index (χ4v) is 4.43. The van der Waals surface area contributed by atoms with Crippen LogP contribution in [-0.2, 0) is 36.4 Å². The van der Waals surface area contributed by atoms with Crippen molar-refractivity contribution in [2.24, 2.45) is 0 Å². The monoisotopic (exact) mass is 479 g/mol. The first-order valence-electron chi connectivity index (χ1n) is 9.98. The van der Waals surface area contributed by atoms with Gasteiger partial charge in [0.2, 0.25) is 7.37 Å². The molecule has 0 radical (unpaired) electrons. The van der Waals surface area contributed by atoms with Crippen LogP contribution >= 0.6 is 7.37 Å². The lowest BCUT2D eigenvalue weighted by Crippen LogP contribution is -2.42. The molecule has 11 heteroatoms. The molecule has 2 aromatic carbocycles. The van der Waals surface area contributed by atoms with Crippen molar-refractivity contribution >= 4 is 25.4 Å². The first kappa shape index (κ1) is 25.9. The molecule has 0 aromatic heterocycles. The zero-order valence-corrected chi connectivity index (χ0v) is 18.9. The van der Waals surface area contributed by atoms with Crippen LogP contribution in [0.5, 0.6) is 5.75 Å². The van der Waals surface area contributed by atoms with Gasteiger partial charge in [-0.2, -0.15) is 0 Å². The predicted octanol–water partition coefficient (Wildman–Crippen LogP) is 2.78. The first-order valence-corrected chi connectivity index (χ1v) is 12.0. The largest absolute Gasteiger partial charge is 0.482 e. The van der Waals surface area contributed by atoms with Gasteiger partial charge in [-0.15, -0.1) is 0 Å². The Kier molecular flexibility index (Phi) is 9.90. The van der Waals surface area contributed by atoms with E-state index in [9.17, 15) is 23.8 Å². The molecule has 2 atom stereocenters. The summed E-state index contributed by atoms with van der Waals surface area (Å²) in [6, 6.07) is 13.9. The molecule has 0 saturated heterocycles. The highest BCUT2D eigenvalue weighted by molar-refractivity contribution is 7.57. The first-order chi connectivity index (χ1) is 15.7. The maximum absolute atomic E-state index is 12.6. The second kappa shape index (κ2) is 12.6. The second-order valence-corrected chi connectivity index (χ2v) is 9.58. The number of carboxylic acid groups (broad SMARTS) is 1. The molecular weight excluding hydrogens is 453 g/mol. The highest BCUT2D eigenvalue weighted by Gasteiger charge is 2.27. The molecule has 0 fully saturated rings. The van der Waals surface area contributed by atoms with Gasteiger partial charge in [-0.3, -0.25) is 4.57 Å². The molecule has 2 rings (SSSR count). The summed E-state index contributed by atoms with van der Waals surface area (Å²) in [4.78, 5) is 45.0. The number of rotatable bonds is 12. The van der Waals surface area contributed by atoms with E-state index in [1.807, 2.05) is 6.07 Å². The van der Waals surface area contributed by atoms with Gasteiger partial charge in [0.05, 0.1) is 7.11 Å². The third kappa shape index (κ3) is 9.76. The molecule has 3 N–H and O–H groups in total. The summed E-state index contributed by atoms with van der Waals surface area (Å²) in [6.07, 6.45) is -1.39. The molecule has 0 aliphatic rings. The lowest BCUT2D eigenvalue weighted by Gasteiger charge is -2.18. The van der Waals surface area contributed by atoms with E-state index in [1.54, 1.807) is 36.4 Å². The Morgan fingerprint density at radius 3 is 2.30 bits per heavy atom. The molecule has 0 bridgehead atoms. The number of alkyl carbamates (subject to hydrolysis) is 1. The van der Waals surface area contributed by atoms with Gasteiger partial charge in [-0.1, -0.05) is 42.5 Å². The van der Waals surface area contributed by atoms with Gasteiger partial charge in [0.15, 0.2) is 6.61 Å². The lowest BCUT2D eigenvalue weighted by atomic mass is 10.2. The quantitative estimate of drug-likeness (QED) is 0.309. The van der Waals surface area contributed by atoms with E-state index in [2.05, 4.69) is 10.1 Å². The van der Waals surface area contributed by atoms with Crippen LogP contribution in [0.2, 0.25) is 0 Å². The van der Waals surface area contributed by atoms with E-state index in [0.717, 1.165) is 12.7 Å². The van der Waals surface area contributed by atoms with E-state index in [-0.39, 0.29) is 25.4 Å². The van der Waals surface area contributed by atoms with E-state index in [1.165, 1.54) is 12.1 Å². The zero-order valence-electron chi connectivity index (χ0n) is 18.0. The van der Waals surface area contributed by atoms with Gasteiger partial charge in [0.25, 0.3) is 0 Å². The molecule has 0 heterocycles. The summed E-state index contributed by atoms with van der Waals surface area (Å²) in [7, 11) is -2.55. The Bertz CT molecular complexity index is 979. The summed E-state index contributed by atoms with van der Waals surface area (Å²) in [5, 5.41) is 11.0. The number of aliphatic carboxylic acids is 1. The summed E-state index contributed by atoms with van der Waals surface area (Å²) >= 11 is 0. The molecule has 0 spiro atoms. The van der Waals surface area contributed by atoms with E-state index < -0.39 is 38.0 Å². The number of carbonyl (C=O) groups is 3. The van der Waals surface area contributed by atoms with Crippen molar-refractivity contribution in [1.29, 1.82) is 0 Å². The van der Waals surface area contributed by atoms with Crippen molar-refractivity contribution < 1.29 is 43.2 Å². The van der Waals surface area contributed by atoms with Gasteiger partial charge in [-0.05, 0) is 29.7 Å². The maximum atomic E-state index is 12.6. The summed E-state index contributed by atoms with van der Waals surface area (Å²) in [5.41, 5.74) is 1.30. The highest BCUT2D eigenvalue weighted by Crippen LogP contribution is 2.45. The molecule has 1 amide bonds. The fourth-order valence-electron chi connectivity index (χ4n) is 2.83. The molecule has 10 nitrogen and oxygen atoms in total. The second-order valence-electron chi connectivity index (χ2n) is 7.12. The standard InChI is InChI=1S/C22H26NO9P/c1-30-21(26)19(23-22(27)32-13-16-5-3-2-4-6-16)11-12-33(28,29)15-17-7-9-18(10-8-17)31-14-20(24)25/h2-10,19H,11-15H2,1H3,(H,23,27)(H,24,25)(H,28,29)/t19-/m0/s1. The number of esters is 1. The van der Waals surface area contributed by atoms with Crippen LogP contribution in [0.3, 0.4) is 0 Å². The number of hydrogen-bond donors (Lipinski definition) is 3. The van der Waals surface area contributed by atoms with E-state index in [4.69, 9.17) is 14.6 Å². The molecule has 33 heavy (non-hydrogen) atoms. The normalized spacial score (nSPS) is 13.3. The number of amides is 1. The molecule has 0 saturated carbocycles. The average molecular weight is 479 g/mol. The van der Waals surface area contributed by atoms with Crippen LogP contribution in [0.4, 0.5) is 4.79 Å². The van der Waals surface area contributed by atoms with Crippen LogP contribution in [0, 0.1) is 0 Å². The highest BCUT2D eigenvalue weighted by atomic mass is 31.2. The topological polar surface area (TPSA) is 148 Å². The van der Waals surface area contributed by atoms with Gasteiger partial charge >= 0.3 is 18.0 Å². The van der Waals surface area contributed by atoms with Crippen LogP contribution in [0.1, 0.15) is 17.5 Å². The average Bonchev–Trinajstić information content (AvgIpc) is 2.80. The van der Waals surface area contributed by atoms with Crippen molar-refractivity contribution in [3.63, 3.8) is 0 Å². The SMILES string of the molecule is COC(=O)[C@H](CCP(=O)(O)Cc1ccc(OCC(=O)O)cc1)NC(=O)OCc1ccccc1. The smallest absolute Gasteiger partial charge is 0.408 e. The van der Waals surface area contributed by atoms with Crippen LogP contribution in [0.25, 0.3) is 0 Å². The van der Waals surface area contributed by atoms with Crippen LogP contribution < -0.4 is 10.1 Å². The van der Waals surface area contributed by atoms with Crippen LogP contribution in [-0.4, -0.2) is 54.0 Å². The lowest BCUT2D eigenvalue weighted by molar-refractivity contribution is -0.143. The number of hydrogen-bond acceptors (Lipinski definition) is 7. The molecule has 0 aliphatic heterocycles. The van der Waals surface area contributed by atoms with Crippen molar-refractivity contribution in [3.8, 4) is 5.75 Å². The molecule has 178 valence electrons. The number of methoxy groups -OCH3 is 1. The van der Waals surface area contributed by atoms with E-state index in [0.29, 0.717) is 11.3 Å². The van der Waals surface area contributed by atoms with Crippen molar-refractivity contribution in [1.82, 2.24) is 5.32 Å². The Morgan fingerprint density at radius 2 is 1.70 bits per heavy atom. The Hall–Kier alpha value is -3.36. The van der Waals surface area contributed by atoms with Gasteiger partial charge in [0, 0.05) is 12.3 Å².